The van der Waals surface area contributed by atoms with Crippen LogP contribution in [0.4, 0.5) is 5.82 Å². The number of sulfone groups is 1. The third-order valence-electron chi connectivity index (χ3n) is 5.83. The van der Waals surface area contributed by atoms with E-state index < -0.39 is 9.84 Å². The summed E-state index contributed by atoms with van der Waals surface area (Å²) in [7, 11) is -3.45. The Morgan fingerprint density at radius 2 is 1.94 bits per heavy atom. The lowest BCUT2D eigenvalue weighted by molar-refractivity contribution is -0.116. The number of pyridine rings is 1. The molecule has 1 aromatic heterocycles. The summed E-state index contributed by atoms with van der Waals surface area (Å²) in [6.45, 7) is 1.92. The van der Waals surface area contributed by atoms with Crippen molar-refractivity contribution >= 4 is 33.2 Å². The van der Waals surface area contributed by atoms with Crippen molar-refractivity contribution in [1.29, 1.82) is 0 Å². The summed E-state index contributed by atoms with van der Waals surface area (Å²) in [4.78, 5) is 28.0. The molecule has 7 nitrogen and oxygen atoms in total. The van der Waals surface area contributed by atoms with Crippen LogP contribution in [0.3, 0.4) is 0 Å². The number of rotatable bonds is 7. The van der Waals surface area contributed by atoms with Crippen LogP contribution in [0.25, 0.3) is 0 Å². The van der Waals surface area contributed by atoms with Gasteiger partial charge in [-0.15, -0.1) is 0 Å². The molecule has 1 atom stereocenters. The maximum Gasteiger partial charge on any atom is 0.226 e. The minimum Gasteiger partial charge on any atom is -0.311 e. The first-order valence-electron chi connectivity index (χ1n) is 10.2. The van der Waals surface area contributed by atoms with Gasteiger partial charge in [-0.1, -0.05) is 28.9 Å². The SMILES string of the molecule is Cc1ccc(NC(=O)CC(c2ccc(S(C)(=O)=O)c(Cl)c2)C2CCC(N=O)CC2)nc1. The molecule has 31 heavy (non-hydrogen) atoms. The van der Waals surface area contributed by atoms with Gasteiger partial charge in [0.2, 0.25) is 5.91 Å². The van der Waals surface area contributed by atoms with Gasteiger partial charge in [-0.05, 0) is 73.8 Å². The molecule has 3 rings (SSSR count). The van der Waals surface area contributed by atoms with Crippen molar-refractivity contribution < 1.29 is 13.2 Å². The zero-order valence-electron chi connectivity index (χ0n) is 17.5. The van der Waals surface area contributed by atoms with Gasteiger partial charge in [0.1, 0.15) is 5.82 Å². The summed E-state index contributed by atoms with van der Waals surface area (Å²) < 4.78 is 23.8. The largest absolute Gasteiger partial charge is 0.311 e. The third-order valence-corrected chi connectivity index (χ3v) is 7.41. The van der Waals surface area contributed by atoms with Gasteiger partial charge >= 0.3 is 0 Å². The summed E-state index contributed by atoms with van der Waals surface area (Å²) in [6.07, 6.45) is 5.90. The molecule has 1 aliphatic rings. The van der Waals surface area contributed by atoms with Crippen LogP contribution >= 0.6 is 11.6 Å². The quantitative estimate of drug-likeness (QED) is 0.588. The number of hydrogen-bond donors (Lipinski definition) is 1. The van der Waals surface area contributed by atoms with Gasteiger partial charge < -0.3 is 5.32 Å². The molecule has 166 valence electrons. The van der Waals surface area contributed by atoms with E-state index in [1.807, 2.05) is 13.0 Å². The first-order valence-corrected chi connectivity index (χ1v) is 12.5. The number of aryl methyl sites for hydroxylation is 1. The highest BCUT2D eigenvalue weighted by atomic mass is 35.5. The topological polar surface area (TPSA) is 106 Å². The molecule has 0 saturated heterocycles. The van der Waals surface area contributed by atoms with Crippen LogP contribution in [0.2, 0.25) is 5.02 Å². The molecule has 1 unspecified atom stereocenters. The zero-order chi connectivity index (χ0) is 22.6. The number of amides is 1. The van der Waals surface area contributed by atoms with Gasteiger partial charge in [-0.2, -0.15) is 4.91 Å². The van der Waals surface area contributed by atoms with E-state index in [4.69, 9.17) is 11.6 Å². The summed E-state index contributed by atoms with van der Waals surface area (Å²) >= 11 is 6.28. The van der Waals surface area contributed by atoms with Crippen LogP contribution < -0.4 is 5.32 Å². The average molecular weight is 464 g/mol. The Hall–Kier alpha value is -2.32. The average Bonchev–Trinajstić information content (AvgIpc) is 2.73. The molecule has 1 aromatic carbocycles. The second-order valence-electron chi connectivity index (χ2n) is 8.22. The third kappa shape index (κ3) is 6.11. The number of aromatic nitrogens is 1. The lowest BCUT2D eigenvalue weighted by atomic mass is 9.74. The van der Waals surface area contributed by atoms with Crippen molar-refractivity contribution in [3.63, 3.8) is 0 Å². The highest BCUT2D eigenvalue weighted by Gasteiger charge is 2.31. The number of nitroso groups, excluding NO2 is 1. The summed E-state index contributed by atoms with van der Waals surface area (Å²) in [5.41, 5.74) is 1.81. The van der Waals surface area contributed by atoms with Gasteiger partial charge in [0.05, 0.1) is 16.0 Å². The van der Waals surface area contributed by atoms with E-state index in [2.05, 4.69) is 15.5 Å². The van der Waals surface area contributed by atoms with Crippen LogP contribution in [0.15, 0.2) is 46.6 Å². The van der Waals surface area contributed by atoms with E-state index in [0.29, 0.717) is 18.7 Å². The van der Waals surface area contributed by atoms with Gasteiger partial charge in [0.25, 0.3) is 0 Å². The first-order chi connectivity index (χ1) is 14.7. The van der Waals surface area contributed by atoms with E-state index in [1.54, 1.807) is 24.4 Å². The number of carbonyl (C=O) groups is 1. The van der Waals surface area contributed by atoms with Crippen LogP contribution in [0.1, 0.15) is 49.1 Å². The van der Waals surface area contributed by atoms with Crippen molar-refractivity contribution in [2.75, 3.05) is 11.6 Å². The number of benzene rings is 1. The van der Waals surface area contributed by atoms with Crippen LogP contribution in [-0.2, 0) is 14.6 Å². The second kappa shape index (κ2) is 9.87. The predicted molar refractivity (Wildman–Crippen MR) is 121 cm³/mol. The lowest BCUT2D eigenvalue weighted by Gasteiger charge is -2.32. The Morgan fingerprint density at radius 3 is 2.48 bits per heavy atom. The number of nitrogens with zero attached hydrogens (tertiary/aromatic N) is 2. The molecule has 9 heteroatoms. The van der Waals surface area contributed by atoms with Crippen molar-refractivity contribution in [1.82, 2.24) is 4.98 Å². The van der Waals surface area contributed by atoms with Crippen molar-refractivity contribution in [2.45, 2.75) is 55.9 Å². The molecular weight excluding hydrogens is 438 g/mol. The number of carbonyl (C=O) groups excluding carboxylic acids is 1. The lowest BCUT2D eigenvalue weighted by Crippen LogP contribution is -2.26. The summed E-state index contributed by atoms with van der Waals surface area (Å²) in [5, 5.41) is 6.14. The highest BCUT2D eigenvalue weighted by Crippen LogP contribution is 2.40. The van der Waals surface area contributed by atoms with Gasteiger partial charge in [-0.3, -0.25) is 4.79 Å². The van der Waals surface area contributed by atoms with E-state index in [1.165, 1.54) is 6.07 Å². The molecule has 1 amide bonds. The Labute approximate surface area is 187 Å². The smallest absolute Gasteiger partial charge is 0.226 e. The molecule has 1 aliphatic carbocycles. The van der Waals surface area contributed by atoms with E-state index in [9.17, 15) is 18.1 Å². The summed E-state index contributed by atoms with van der Waals surface area (Å²) in [6, 6.07) is 8.31. The number of halogens is 1. The van der Waals surface area contributed by atoms with E-state index in [-0.39, 0.29) is 40.1 Å². The molecule has 0 aliphatic heterocycles. The molecule has 0 radical (unpaired) electrons. The Balaban J connectivity index is 1.84. The molecule has 2 aromatic rings. The minimum atomic E-state index is -3.45. The van der Waals surface area contributed by atoms with Crippen LogP contribution in [0.5, 0.6) is 0 Å². The standard InChI is InChI=1S/C22H26ClN3O4S/c1-14-3-10-21(24-13-14)25-22(27)12-18(15-4-7-17(26-28)8-5-15)16-6-9-20(19(23)11-16)31(2,29)30/h3,6,9-11,13,15,17-18H,4-5,7-8,12H2,1-2H3,(H,24,25,27). The van der Waals surface area contributed by atoms with Crippen LogP contribution in [0, 0.1) is 17.7 Å². The summed E-state index contributed by atoms with van der Waals surface area (Å²) in [5.74, 6) is 0.299. The number of hydrogen-bond acceptors (Lipinski definition) is 6. The molecule has 1 N–H and O–H groups in total. The Morgan fingerprint density at radius 1 is 1.23 bits per heavy atom. The van der Waals surface area contributed by atoms with Gasteiger partial charge in [-0.25, -0.2) is 13.4 Å². The maximum absolute atomic E-state index is 12.8. The normalized spacial score (nSPS) is 20.1. The minimum absolute atomic E-state index is 0.0684. The van der Waals surface area contributed by atoms with Crippen molar-refractivity contribution in [3.8, 4) is 0 Å². The Kier molecular flexibility index (Phi) is 7.43. The molecule has 0 spiro atoms. The zero-order valence-corrected chi connectivity index (χ0v) is 19.1. The molecule has 0 bridgehead atoms. The second-order valence-corrected chi connectivity index (χ2v) is 10.6. The molecule has 1 heterocycles. The Bertz CT molecular complexity index is 1050. The monoisotopic (exact) mass is 463 g/mol. The molecular formula is C22H26ClN3O4S. The fourth-order valence-electron chi connectivity index (χ4n) is 4.15. The van der Waals surface area contributed by atoms with Gasteiger partial charge in [0.15, 0.2) is 9.84 Å². The van der Waals surface area contributed by atoms with Crippen molar-refractivity contribution in [2.24, 2.45) is 11.1 Å². The predicted octanol–water partition coefficient (Wildman–Crippen LogP) is 4.88. The fourth-order valence-corrected chi connectivity index (χ4v) is 5.49. The highest BCUT2D eigenvalue weighted by molar-refractivity contribution is 7.90. The maximum atomic E-state index is 12.8. The molecule has 1 saturated carbocycles. The fraction of sp³-hybridized carbons (Fsp3) is 0.455. The van der Waals surface area contributed by atoms with Crippen LogP contribution in [-0.4, -0.2) is 31.6 Å². The van der Waals surface area contributed by atoms with Gasteiger partial charge in [0, 0.05) is 18.9 Å². The molecule has 1 fully saturated rings. The first kappa shape index (κ1) is 23.3. The number of nitrogens with one attached hydrogen (secondary N) is 1. The van der Waals surface area contributed by atoms with Crippen molar-refractivity contribution in [3.05, 3.63) is 57.6 Å². The van der Waals surface area contributed by atoms with E-state index in [0.717, 1.165) is 30.2 Å². The number of anilines is 1. The van der Waals surface area contributed by atoms with E-state index >= 15 is 0 Å².